The number of pyridine rings is 1. The molecule has 0 aliphatic carbocycles. The molecule has 35 heavy (non-hydrogen) atoms. The number of anilines is 2. The first-order chi connectivity index (χ1) is 16.7. The maximum absolute atomic E-state index is 13.5. The Hall–Kier alpha value is -3.34. The molecule has 0 radical (unpaired) electrons. The van der Waals surface area contributed by atoms with Crippen LogP contribution in [0.5, 0.6) is 0 Å². The van der Waals surface area contributed by atoms with E-state index in [-0.39, 0.29) is 11.1 Å². The second kappa shape index (κ2) is 7.58. The van der Waals surface area contributed by atoms with Gasteiger partial charge < -0.3 is 14.2 Å². The van der Waals surface area contributed by atoms with E-state index in [4.69, 9.17) is 4.42 Å². The number of allylic oxidation sites excluding steroid dienone is 1. The van der Waals surface area contributed by atoms with Crippen molar-refractivity contribution in [1.29, 1.82) is 0 Å². The molecule has 4 aliphatic rings. The van der Waals surface area contributed by atoms with Crippen LogP contribution in [-0.4, -0.2) is 25.2 Å². The normalized spacial score (nSPS) is 17.1. The molecule has 0 saturated heterocycles. The van der Waals surface area contributed by atoms with Crippen LogP contribution in [0.15, 0.2) is 45.6 Å². The molecule has 0 spiro atoms. The summed E-state index contributed by atoms with van der Waals surface area (Å²) in [5.41, 5.74) is 8.55. The summed E-state index contributed by atoms with van der Waals surface area (Å²) in [6.07, 6.45) is 4.54. The number of aromatic nitrogens is 1. The fourth-order valence-corrected chi connectivity index (χ4v) is 6.42. The number of hydrogen-bond donors (Lipinski definition) is 0. The number of hydrogen-bond acceptors (Lipinski definition) is 4. The van der Waals surface area contributed by atoms with Gasteiger partial charge in [-0.1, -0.05) is 6.08 Å². The number of nitrogens with zero attached hydrogens (tertiary/aromatic N) is 3. The smallest absolute Gasteiger partial charge is 0.423 e. The summed E-state index contributed by atoms with van der Waals surface area (Å²) in [6.45, 7) is 14.0. The molecule has 4 heterocycles. The Morgan fingerprint density at radius 3 is 2.54 bits per heavy atom. The highest BCUT2D eigenvalue weighted by Gasteiger charge is 2.32. The summed E-state index contributed by atoms with van der Waals surface area (Å²) in [6, 6.07) is 10.8. The van der Waals surface area contributed by atoms with Crippen LogP contribution in [0.3, 0.4) is 0 Å². The maximum Gasteiger partial charge on any atom is 0.423 e. The summed E-state index contributed by atoms with van der Waals surface area (Å²) in [4.78, 5) is 18.3. The van der Waals surface area contributed by atoms with Crippen molar-refractivity contribution < 1.29 is 8.98 Å². The van der Waals surface area contributed by atoms with E-state index in [1.54, 1.807) is 4.57 Å². The van der Waals surface area contributed by atoms with Crippen molar-refractivity contribution in [2.75, 3.05) is 29.4 Å². The molecule has 0 unspecified atom stereocenters. The molecule has 5 nitrogen and oxygen atoms in total. The quantitative estimate of drug-likeness (QED) is 0.216. The van der Waals surface area contributed by atoms with Crippen molar-refractivity contribution in [3.8, 4) is 11.3 Å². The predicted molar refractivity (Wildman–Crippen MR) is 145 cm³/mol. The van der Waals surface area contributed by atoms with Gasteiger partial charge in [-0.25, -0.2) is 4.79 Å². The van der Waals surface area contributed by atoms with Gasteiger partial charge in [0.15, 0.2) is 5.76 Å². The van der Waals surface area contributed by atoms with Gasteiger partial charge in [0.2, 0.25) is 5.52 Å². The molecule has 0 saturated carbocycles. The Balaban J connectivity index is 1.68. The van der Waals surface area contributed by atoms with E-state index in [0.29, 0.717) is 11.3 Å². The molecule has 2 aromatic rings. The lowest BCUT2D eigenvalue weighted by atomic mass is 9.88. The van der Waals surface area contributed by atoms with Gasteiger partial charge in [0.25, 0.3) is 0 Å². The number of aryl methyl sites for hydroxylation is 2. The zero-order valence-electron chi connectivity index (χ0n) is 21.7. The Labute approximate surface area is 206 Å². The first kappa shape index (κ1) is 22.1. The lowest BCUT2D eigenvalue weighted by Crippen LogP contribution is -2.48. The molecule has 180 valence electrons. The van der Waals surface area contributed by atoms with Crippen LogP contribution in [0.2, 0.25) is 0 Å². The lowest BCUT2D eigenvalue weighted by Gasteiger charge is -2.42. The number of fused-ring (bicyclic) bond motifs is 6. The third-order valence-corrected chi connectivity index (χ3v) is 8.12. The van der Waals surface area contributed by atoms with E-state index < -0.39 is 0 Å². The zero-order valence-corrected chi connectivity index (χ0v) is 21.7. The summed E-state index contributed by atoms with van der Waals surface area (Å²) in [5.74, 6) is 0.692. The molecule has 2 aromatic carbocycles. The molecule has 0 amide bonds. The van der Waals surface area contributed by atoms with Crippen LogP contribution in [0.25, 0.3) is 38.8 Å². The minimum atomic E-state index is -0.0663. The molecule has 0 N–H and O–H groups in total. The Bertz CT molecular complexity index is 1580. The number of rotatable bonds is 2. The van der Waals surface area contributed by atoms with E-state index in [9.17, 15) is 4.79 Å². The third kappa shape index (κ3) is 3.13. The Morgan fingerprint density at radius 2 is 1.80 bits per heavy atom. The molecule has 6 rings (SSSR count). The fraction of sp³-hybridized carbons (Fsp3) is 0.400. The first-order valence-electron chi connectivity index (χ1n) is 12.9. The van der Waals surface area contributed by atoms with Crippen molar-refractivity contribution in [2.45, 2.75) is 53.0 Å². The van der Waals surface area contributed by atoms with Crippen LogP contribution in [-0.2, 0) is 13.5 Å². The van der Waals surface area contributed by atoms with E-state index in [0.717, 1.165) is 54.3 Å². The molecule has 0 bridgehead atoms. The molecule has 0 atom stereocenters. The van der Waals surface area contributed by atoms with Gasteiger partial charge in [0.05, 0.1) is 10.9 Å². The van der Waals surface area contributed by atoms with E-state index in [2.05, 4.69) is 74.8 Å². The minimum Gasteiger partial charge on any atom is -0.455 e. The topological polar surface area (TPSA) is 40.6 Å². The molecule has 4 aliphatic heterocycles. The van der Waals surface area contributed by atoms with Crippen LogP contribution >= 0.6 is 0 Å². The fourth-order valence-electron chi connectivity index (χ4n) is 6.42. The Kier molecular flexibility index (Phi) is 4.79. The van der Waals surface area contributed by atoms with Gasteiger partial charge in [0.1, 0.15) is 18.2 Å². The van der Waals surface area contributed by atoms with Gasteiger partial charge >= 0.3 is 5.56 Å². The second-order valence-corrected chi connectivity index (χ2v) is 10.7. The van der Waals surface area contributed by atoms with Gasteiger partial charge in [-0.3, -0.25) is 0 Å². The molecule has 0 aromatic heterocycles. The molecule has 0 fully saturated rings. The average molecular weight is 469 g/mol. The van der Waals surface area contributed by atoms with Crippen LogP contribution in [0.1, 0.15) is 52.2 Å². The van der Waals surface area contributed by atoms with Crippen molar-refractivity contribution in [3.05, 3.63) is 57.9 Å². The second-order valence-electron chi connectivity index (χ2n) is 10.7. The highest BCUT2D eigenvalue weighted by molar-refractivity contribution is 5.98. The summed E-state index contributed by atoms with van der Waals surface area (Å²) >= 11 is 0. The molecular weight excluding hydrogens is 434 g/mol. The number of likely N-dealkylation sites (N-methyl/N-ethyl adjacent to an activating group) is 1. The van der Waals surface area contributed by atoms with Gasteiger partial charge in [0, 0.05) is 54.1 Å². The average Bonchev–Trinajstić information content (AvgIpc) is 2.84. The summed E-state index contributed by atoms with van der Waals surface area (Å²) in [7, 11) is 1.88. The SMILES string of the molecule is CCN1CCCc2cc3c4oc5cc6c(cc5cc-4c(=O)[n+](C)c3cc21)C(C)=CC(C)(C)N6CC. The number of benzene rings is 2. The third-order valence-electron chi connectivity index (χ3n) is 8.12. The minimum absolute atomic E-state index is 0.0155. The predicted octanol–water partition coefficient (Wildman–Crippen LogP) is 5.67. The summed E-state index contributed by atoms with van der Waals surface area (Å²) < 4.78 is 8.41. The van der Waals surface area contributed by atoms with Crippen molar-refractivity contribution in [2.24, 2.45) is 7.05 Å². The summed E-state index contributed by atoms with van der Waals surface area (Å²) in [5, 5.41) is 1.98. The highest BCUT2D eigenvalue weighted by Crippen LogP contribution is 2.43. The van der Waals surface area contributed by atoms with Gasteiger partial charge in [-0.15, -0.1) is 0 Å². The molecule has 5 heteroatoms. The molecular formula is C30H34N3O2+. The monoisotopic (exact) mass is 468 g/mol. The standard InChI is InChI=1S/C30H34N3O2/c1-7-32-11-9-10-19-12-22-25(15-24(19)32)31(6)29(34)23-14-20-13-21-18(3)17-30(4,5)33(8-2)26(21)16-27(20)35-28(22)23/h12-17H,7-11H2,1-6H3/q+1. The first-order valence-corrected chi connectivity index (χ1v) is 12.9. The van der Waals surface area contributed by atoms with E-state index >= 15 is 0 Å². The lowest BCUT2D eigenvalue weighted by molar-refractivity contribution is -0.658. The van der Waals surface area contributed by atoms with E-state index in [1.807, 2.05) is 13.1 Å². The van der Waals surface area contributed by atoms with Crippen LogP contribution in [0.4, 0.5) is 11.4 Å². The van der Waals surface area contributed by atoms with Crippen molar-refractivity contribution in [3.63, 3.8) is 0 Å². The highest BCUT2D eigenvalue weighted by atomic mass is 16.3. The van der Waals surface area contributed by atoms with Crippen molar-refractivity contribution in [1.82, 2.24) is 0 Å². The van der Waals surface area contributed by atoms with E-state index in [1.165, 1.54) is 28.1 Å². The largest absolute Gasteiger partial charge is 0.455 e. The van der Waals surface area contributed by atoms with Crippen molar-refractivity contribution >= 4 is 38.8 Å². The van der Waals surface area contributed by atoms with Gasteiger partial charge in [-0.05, 0) is 76.8 Å². The Morgan fingerprint density at radius 1 is 1.03 bits per heavy atom. The zero-order chi connectivity index (χ0) is 24.6. The maximum atomic E-state index is 13.5. The van der Waals surface area contributed by atoms with Crippen LogP contribution < -0.4 is 19.9 Å². The van der Waals surface area contributed by atoms with Crippen LogP contribution in [0, 0.1) is 0 Å². The van der Waals surface area contributed by atoms with Gasteiger partial charge in [-0.2, -0.15) is 4.57 Å².